The molecule has 0 aliphatic carbocycles. The smallest absolute Gasteiger partial charge is 0.132 e. The van der Waals surface area contributed by atoms with Gasteiger partial charge < -0.3 is 0 Å². The van der Waals surface area contributed by atoms with Gasteiger partial charge in [0.2, 0.25) is 0 Å². The molecule has 1 heterocycles. The standard InChI is InChI=1S/C35H67N3/c1-4-7-10-12-14-16-18-20-22-24-26-28-31-34-36-33(30-9-6-3)37-35(38-34)32-29-27-25-23-21-19-17-15-13-11-8-5-2/h4-32H2,1-3H3. The number of aryl methyl sites for hydroxylation is 3. The summed E-state index contributed by atoms with van der Waals surface area (Å²) in [5.41, 5.74) is 0. The molecular formula is C35H67N3. The molecule has 0 aromatic carbocycles. The number of unbranched alkanes of at least 4 members (excludes halogenated alkanes) is 23. The first-order valence-corrected chi connectivity index (χ1v) is 17.5. The molecule has 0 aliphatic rings. The lowest BCUT2D eigenvalue weighted by Gasteiger charge is -2.08. The Bertz CT molecular complexity index is 569. The predicted molar refractivity (Wildman–Crippen MR) is 168 cm³/mol. The number of hydrogen-bond acceptors (Lipinski definition) is 3. The summed E-state index contributed by atoms with van der Waals surface area (Å²) in [4.78, 5) is 14.6. The van der Waals surface area contributed by atoms with Crippen LogP contribution in [-0.2, 0) is 19.3 Å². The third-order valence-electron chi connectivity index (χ3n) is 8.04. The molecule has 0 saturated heterocycles. The molecule has 3 nitrogen and oxygen atoms in total. The average molecular weight is 530 g/mol. The van der Waals surface area contributed by atoms with Gasteiger partial charge in [0.1, 0.15) is 17.5 Å². The topological polar surface area (TPSA) is 38.7 Å². The summed E-state index contributed by atoms with van der Waals surface area (Å²) in [6.45, 7) is 6.85. The fraction of sp³-hybridized carbons (Fsp3) is 0.914. The molecule has 0 amide bonds. The average Bonchev–Trinajstić information content (AvgIpc) is 2.93. The van der Waals surface area contributed by atoms with Crippen LogP contribution in [0.15, 0.2) is 0 Å². The van der Waals surface area contributed by atoms with Crippen molar-refractivity contribution in [1.29, 1.82) is 0 Å². The van der Waals surface area contributed by atoms with Crippen LogP contribution in [0.5, 0.6) is 0 Å². The van der Waals surface area contributed by atoms with Gasteiger partial charge in [0.25, 0.3) is 0 Å². The van der Waals surface area contributed by atoms with Crippen molar-refractivity contribution in [1.82, 2.24) is 15.0 Å². The van der Waals surface area contributed by atoms with Gasteiger partial charge in [0, 0.05) is 19.3 Å². The van der Waals surface area contributed by atoms with E-state index in [0.29, 0.717) is 0 Å². The van der Waals surface area contributed by atoms with E-state index in [0.717, 1.165) is 36.7 Å². The van der Waals surface area contributed by atoms with Crippen LogP contribution in [0.4, 0.5) is 0 Å². The Morgan fingerprint density at radius 2 is 0.474 bits per heavy atom. The van der Waals surface area contributed by atoms with Gasteiger partial charge >= 0.3 is 0 Å². The minimum Gasteiger partial charge on any atom is -0.218 e. The lowest BCUT2D eigenvalue weighted by Crippen LogP contribution is -2.08. The summed E-state index contributed by atoms with van der Waals surface area (Å²) in [7, 11) is 0. The predicted octanol–water partition coefficient (Wildman–Crippen LogP) is 11.7. The normalized spacial score (nSPS) is 11.4. The molecule has 0 unspecified atom stereocenters. The van der Waals surface area contributed by atoms with Crippen molar-refractivity contribution in [3.05, 3.63) is 17.5 Å². The molecule has 0 radical (unpaired) electrons. The summed E-state index contributed by atoms with van der Waals surface area (Å²) in [5, 5.41) is 0. The Hall–Kier alpha value is -0.990. The molecule has 222 valence electrons. The number of nitrogens with zero attached hydrogens (tertiary/aromatic N) is 3. The largest absolute Gasteiger partial charge is 0.218 e. The van der Waals surface area contributed by atoms with Gasteiger partial charge in [-0.1, -0.05) is 168 Å². The molecule has 0 fully saturated rings. The number of rotatable bonds is 29. The van der Waals surface area contributed by atoms with Gasteiger partial charge in [-0.15, -0.1) is 0 Å². The SMILES string of the molecule is CCCCCCCCCCCCCCc1nc(CCCC)nc(CCCCCCCCCCCCCC)n1. The van der Waals surface area contributed by atoms with E-state index in [2.05, 4.69) is 20.8 Å². The molecular weight excluding hydrogens is 462 g/mol. The maximum atomic E-state index is 4.90. The Labute approximate surface area is 239 Å². The van der Waals surface area contributed by atoms with E-state index < -0.39 is 0 Å². The highest BCUT2D eigenvalue weighted by Gasteiger charge is 2.07. The lowest BCUT2D eigenvalue weighted by molar-refractivity contribution is 0.539. The Morgan fingerprint density at radius 3 is 0.737 bits per heavy atom. The van der Waals surface area contributed by atoms with E-state index in [1.807, 2.05) is 0 Å². The lowest BCUT2D eigenvalue weighted by atomic mass is 10.0. The molecule has 0 saturated carbocycles. The molecule has 38 heavy (non-hydrogen) atoms. The van der Waals surface area contributed by atoms with Gasteiger partial charge in [-0.25, -0.2) is 15.0 Å². The van der Waals surface area contributed by atoms with E-state index in [-0.39, 0.29) is 0 Å². The maximum Gasteiger partial charge on any atom is 0.132 e. The third kappa shape index (κ3) is 21.9. The van der Waals surface area contributed by atoms with Crippen LogP contribution in [0, 0.1) is 0 Å². The molecule has 0 N–H and O–H groups in total. The third-order valence-corrected chi connectivity index (χ3v) is 8.04. The van der Waals surface area contributed by atoms with Crippen molar-refractivity contribution >= 4 is 0 Å². The van der Waals surface area contributed by atoms with Crippen LogP contribution >= 0.6 is 0 Å². The van der Waals surface area contributed by atoms with Crippen LogP contribution in [0.1, 0.15) is 205 Å². The molecule has 1 rings (SSSR count). The van der Waals surface area contributed by atoms with Crippen LogP contribution in [0.25, 0.3) is 0 Å². The van der Waals surface area contributed by atoms with Gasteiger partial charge in [0.15, 0.2) is 0 Å². The van der Waals surface area contributed by atoms with E-state index in [1.165, 1.54) is 167 Å². The van der Waals surface area contributed by atoms with E-state index in [4.69, 9.17) is 15.0 Å². The molecule has 0 atom stereocenters. The molecule has 0 bridgehead atoms. The fourth-order valence-corrected chi connectivity index (χ4v) is 5.44. The summed E-state index contributed by atoms with van der Waals surface area (Å²) < 4.78 is 0. The summed E-state index contributed by atoms with van der Waals surface area (Å²) in [6, 6.07) is 0. The minimum atomic E-state index is 1.01. The van der Waals surface area contributed by atoms with Crippen LogP contribution < -0.4 is 0 Å². The summed E-state index contributed by atoms with van der Waals surface area (Å²) in [6.07, 6.45) is 38.9. The zero-order valence-electron chi connectivity index (χ0n) is 26.3. The minimum absolute atomic E-state index is 1.01. The summed E-state index contributed by atoms with van der Waals surface area (Å²) >= 11 is 0. The summed E-state index contributed by atoms with van der Waals surface area (Å²) in [5.74, 6) is 3.17. The zero-order valence-corrected chi connectivity index (χ0v) is 26.3. The van der Waals surface area contributed by atoms with E-state index >= 15 is 0 Å². The monoisotopic (exact) mass is 530 g/mol. The van der Waals surface area contributed by atoms with Crippen molar-refractivity contribution in [2.24, 2.45) is 0 Å². The first kappa shape index (κ1) is 35.0. The van der Waals surface area contributed by atoms with Crippen molar-refractivity contribution in [3.63, 3.8) is 0 Å². The van der Waals surface area contributed by atoms with E-state index in [1.54, 1.807) is 0 Å². The van der Waals surface area contributed by atoms with Crippen LogP contribution in [-0.4, -0.2) is 15.0 Å². The van der Waals surface area contributed by atoms with Crippen LogP contribution in [0.3, 0.4) is 0 Å². The van der Waals surface area contributed by atoms with E-state index in [9.17, 15) is 0 Å². The maximum absolute atomic E-state index is 4.90. The molecule has 0 spiro atoms. The second-order valence-electron chi connectivity index (χ2n) is 12.0. The van der Waals surface area contributed by atoms with Gasteiger partial charge in [-0.2, -0.15) is 0 Å². The highest BCUT2D eigenvalue weighted by atomic mass is 15.0. The Morgan fingerprint density at radius 1 is 0.263 bits per heavy atom. The second-order valence-corrected chi connectivity index (χ2v) is 12.0. The first-order chi connectivity index (χ1) is 18.8. The van der Waals surface area contributed by atoms with Crippen molar-refractivity contribution in [3.8, 4) is 0 Å². The van der Waals surface area contributed by atoms with Crippen molar-refractivity contribution in [2.75, 3.05) is 0 Å². The highest BCUT2D eigenvalue weighted by molar-refractivity contribution is 4.98. The van der Waals surface area contributed by atoms with Gasteiger partial charge in [-0.05, 0) is 19.3 Å². The first-order valence-electron chi connectivity index (χ1n) is 17.5. The molecule has 0 aliphatic heterocycles. The number of aromatic nitrogens is 3. The quantitative estimate of drug-likeness (QED) is 0.0968. The Kier molecular flexibility index (Phi) is 25.4. The fourth-order valence-electron chi connectivity index (χ4n) is 5.44. The number of hydrogen-bond donors (Lipinski definition) is 0. The molecule has 3 heteroatoms. The van der Waals surface area contributed by atoms with Crippen molar-refractivity contribution in [2.45, 2.75) is 207 Å². The van der Waals surface area contributed by atoms with Gasteiger partial charge in [0.05, 0.1) is 0 Å². The highest BCUT2D eigenvalue weighted by Crippen LogP contribution is 2.15. The van der Waals surface area contributed by atoms with Crippen molar-refractivity contribution < 1.29 is 0 Å². The molecule has 1 aromatic rings. The zero-order chi connectivity index (χ0) is 27.4. The van der Waals surface area contributed by atoms with Gasteiger partial charge in [-0.3, -0.25) is 0 Å². The molecule has 1 aromatic heterocycles. The Balaban J connectivity index is 2.17. The van der Waals surface area contributed by atoms with Crippen LogP contribution in [0.2, 0.25) is 0 Å². The second kappa shape index (κ2) is 27.6.